The molecule has 0 aliphatic carbocycles. The minimum atomic E-state index is 0.660. The topological polar surface area (TPSA) is 39.2 Å². The first-order valence-electron chi connectivity index (χ1n) is 5.97. The number of carbonyl (C=O) groups is 1. The van der Waals surface area contributed by atoms with Crippen LogP contribution in [0.25, 0.3) is 11.1 Å². The lowest BCUT2D eigenvalue weighted by molar-refractivity contribution is 0.112. The molecule has 18 heavy (non-hydrogen) atoms. The Morgan fingerprint density at radius 2 is 2.11 bits per heavy atom. The Morgan fingerprint density at radius 1 is 1.22 bits per heavy atom. The van der Waals surface area contributed by atoms with Crippen LogP contribution in [-0.2, 0) is 0 Å². The molecule has 0 unspecified atom stereocenters. The van der Waals surface area contributed by atoms with Gasteiger partial charge in [-0.1, -0.05) is 25.1 Å². The number of ether oxygens (including phenoxy) is 1. The molecular weight excluding hydrogens is 226 g/mol. The maximum absolute atomic E-state index is 10.8. The lowest BCUT2D eigenvalue weighted by atomic mass is 10.1. The molecule has 3 heteroatoms. The summed E-state index contributed by atoms with van der Waals surface area (Å²) in [5.74, 6) is 0.755. The summed E-state index contributed by atoms with van der Waals surface area (Å²) in [6.45, 7) is 2.74. The number of nitrogens with zero attached hydrogens (tertiary/aromatic N) is 1. The molecule has 0 aliphatic rings. The summed E-state index contributed by atoms with van der Waals surface area (Å²) in [5.41, 5.74) is 2.58. The van der Waals surface area contributed by atoms with E-state index in [0.717, 1.165) is 29.6 Å². The molecule has 0 saturated carbocycles. The smallest absolute Gasteiger partial charge is 0.150 e. The third-order valence-corrected chi connectivity index (χ3v) is 2.54. The van der Waals surface area contributed by atoms with E-state index in [4.69, 9.17) is 4.74 Å². The first-order chi connectivity index (χ1) is 8.83. The van der Waals surface area contributed by atoms with Crippen LogP contribution in [0.1, 0.15) is 23.7 Å². The SMILES string of the molecule is CCCOc1cncc(-c2cccc(C=O)c2)c1. The zero-order valence-electron chi connectivity index (χ0n) is 10.3. The van der Waals surface area contributed by atoms with Crippen LogP contribution < -0.4 is 4.74 Å². The highest BCUT2D eigenvalue weighted by atomic mass is 16.5. The van der Waals surface area contributed by atoms with Gasteiger partial charge in [-0.15, -0.1) is 0 Å². The summed E-state index contributed by atoms with van der Waals surface area (Å²) in [6, 6.07) is 9.37. The van der Waals surface area contributed by atoms with Crippen LogP contribution in [0, 0.1) is 0 Å². The first-order valence-corrected chi connectivity index (χ1v) is 5.97. The molecule has 0 N–H and O–H groups in total. The second-order valence-electron chi connectivity index (χ2n) is 4.00. The predicted molar refractivity (Wildman–Crippen MR) is 70.8 cm³/mol. The van der Waals surface area contributed by atoms with E-state index in [1.165, 1.54) is 0 Å². The standard InChI is InChI=1S/C15H15NO2/c1-2-6-18-15-8-14(9-16-10-15)13-5-3-4-12(7-13)11-17/h3-5,7-11H,2,6H2,1H3. The fourth-order valence-corrected chi connectivity index (χ4v) is 1.67. The number of hydrogen-bond donors (Lipinski definition) is 0. The molecule has 0 aliphatic heterocycles. The lowest BCUT2D eigenvalue weighted by Gasteiger charge is -2.06. The number of benzene rings is 1. The van der Waals surface area contributed by atoms with Gasteiger partial charge < -0.3 is 4.74 Å². The number of pyridine rings is 1. The van der Waals surface area contributed by atoms with E-state index < -0.39 is 0 Å². The van der Waals surface area contributed by atoms with Crippen molar-refractivity contribution >= 4 is 6.29 Å². The van der Waals surface area contributed by atoms with E-state index in [1.54, 1.807) is 18.5 Å². The Kier molecular flexibility index (Phi) is 4.07. The Hall–Kier alpha value is -2.16. The van der Waals surface area contributed by atoms with Crippen molar-refractivity contribution in [3.05, 3.63) is 48.3 Å². The van der Waals surface area contributed by atoms with E-state index in [1.807, 2.05) is 24.3 Å². The van der Waals surface area contributed by atoms with E-state index >= 15 is 0 Å². The van der Waals surface area contributed by atoms with Crippen LogP contribution in [-0.4, -0.2) is 17.9 Å². The van der Waals surface area contributed by atoms with Crippen LogP contribution in [0.5, 0.6) is 5.75 Å². The van der Waals surface area contributed by atoms with Gasteiger partial charge in [0.05, 0.1) is 12.8 Å². The highest BCUT2D eigenvalue weighted by Gasteiger charge is 2.02. The van der Waals surface area contributed by atoms with Gasteiger partial charge in [-0.2, -0.15) is 0 Å². The van der Waals surface area contributed by atoms with Crippen LogP contribution in [0.15, 0.2) is 42.7 Å². The molecule has 0 amide bonds. The molecule has 0 bridgehead atoms. The Bertz CT molecular complexity index is 538. The monoisotopic (exact) mass is 241 g/mol. The highest BCUT2D eigenvalue weighted by Crippen LogP contribution is 2.23. The van der Waals surface area contributed by atoms with E-state index in [0.29, 0.717) is 12.2 Å². The van der Waals surface area contributed by atoms with Crippen molar-refractivity contribution in [1.82, 2.24) is 4.98 Å². The molecule has 1 heterocycles. The van der Waals surface area contributed by atoms with Gasteiger partial charge in [-0.05, 0) is 24.1 Å². The summed E-state index contributed by atoms with van der Waals surface area (Å²) in [5, 5.41) is 0. The summed E-state index contributed by atoms with van der Waals surface area (Å²) >= 11 is 0. The summed E-state index contributed by atoms with van der Waals surface area (Å²) in [4.78, 5) is 14.9. The third kappa shape index (κ3) is 2.94. The largest absolute Gasteiger partial charge is 0.492 e. The summed E-state index contributed by atoms with van der Waals surface area (Å²) in [7, 11) is 0. The van der Waals surface area contributed by atoms with Crippen LogP contribution in [0.3, 0.4) is 0 Å². The van der Waals surface area contributed by atoms with Gasteiger partial charge in [-0.25, -0.2) is 0 Å². The molecule has 92 valence electrons. The van der Waals surface area contributed by atoms with Gasteiger partial charge in [-0.3, -0.25) is 9.78 Å². The summed E-state index contributed by atoms with van der Waals surface area (Å²) < 4.78 is 5.54. The van der Waals surface area contributed by atoms with Gasteiger partial charge in [0.15, 0.2) is 0 Å². The lowest BCUT2D eigenvalue weighted by Crippen LogP contribution is -1.95. The average Bonchev–Trinajstić information content (AvgIpc) is 2.45. The number of hydrogen-bond acceptors (Lipinski definition) is 3. The highest BCUT2D eigenvalue weighted by molar-refractivity contribution is 5.78. The number of carbonyl (C=O) groups excluding carboxylic acids is 1. The first kappa shape index (κ1) is 12.3. The molecule has 3 nitrogen and oxygen atoms in total. The van der Waals surface area contributed by atoms with Crippen molar-refractivity contribution in [3.63, 3.8) is 0 Å². The molecule has 1 aromatic heterocycles. The van der Waals surface area contributed by atoms with Crippen molar-refractivity contribution in [1.29, 1.82) is 0 Å². The normalized spacial score (nSPS) is 10.1. The third-order valence-electron chi connectivity index (χ3n) is 2.54. The maximum Gasteiger partial charge on any atom is 0.150 e. The van der Waals surface area contributed by atoms with Crippen molar-refractivity contribution < 1.29 is 9.53 Å². The zero-order chi connectivity index (χ0) is 12.8. The predicted octanol–water partition coefficient (Wildman–Crippen LogP) is 3.35. The van der Waals surface area contributed by atoms with Gasteiger partial charge in [0.25, 0.3) is 0 Å². The van der Waals surface area contributed by atoms with Crippen LogP contribution in [0.4, 0.5) is 0 Å². The fraction of sp³-hybridized carbons (Fsp3) is 0.200. The zero-order valence-corrected chi connectivity index (χ0v) is 10.3. The Balaban J connectivity index is 2.29. The molecule has 0 radical (unpaired) electrons. The van der Waals surface area contributed by atoms with Gasteiger partial charge in [0.1, 0.15) is 12.0 Å². The van der Waals surface area contributed by atoms with Crippen molar-refractivity contribution in [2.24, 2.45) is 0 Å². The molecule has 1 aromatic carbocycles. The number of aldehydes is 1. The summed E-state index contributed by atoms with van der Waals surface area (Å²) in [6.07, 6.45) is 5.27. The Labute approximate surface area is 106 Å². The van der Waals surface area contributed by atoms with E-state index in [9.17, 15) is 4.79 Å². The van der Waals surface area contributed by atoms with Gasteiger partial charge >= 0.3 is 0 Å². The van der Waals surface area contributed by atoms with Crippen LogP contribution in [0.2, 0.25) is 0 Å². The van der Waals surface area contributed by atoms with Crippen molar-refractivity contribution in [2.45, 2.75) is 13.3 Å². The quantitative estimate of drug-likeness (QED) is 0.753. The molecule has 0 fully saturated rings. The molecular formula is C15H15NO2. The van der Waals surface area contributed by atoms with Gasteiger partial charge in [0.2, 0.25) is 0 Å². The number of aromatic nitrogens is 1. The molecule has 2 rings (SSSR count). The Morgan fingerprint density at radius 3 is 2.89 bits per heavy atom. The number of rotatable bonds is 5. The second-order valence-corrected chi connectivity index (χ2v) is 4.00. The minimum Gasteiger partial charge on any atom is -0.492 e. The fourth-order valence-electron chi connectivity index (χ4n) is 1.67. The molecule has 0 atom stereocenters. The molecule has 0 spiro atoms. The molecule has 0 saturated heterocycles. The minimum absolute atomic E-state index is 0.660. The van der Waals surface area contributed by atoms with Gasteiger partial charge in [0, 0.05) is 17.3 Å². The maximum atomic E-state index is 10.8. The second kappa shape index (κ2) is 5.96. The average molecular weight is 241 g/mol. The van der Waals surface area contributed by atoms with E-state index in [2.05, 4.69) is 11.9 Å². The molecule has 2 aromatic rings. The van der Waals surface area contributed by atoms with Crippen molar-refractivity contribution in [3.8, 4) is 16.9 Å². The van der Waals surface area contributed by atoms with Crippen molar-refractivity contribution in [2.75, 3.05) is 6.61 Å². The van der Waals surface area contributed by atoms with Crippen LogP contribution >= 0.6 is 0 Å². The van der Waals surface area contributed by atoms with E-state index in [-0.39, 0.29) is 0 Å².